The van der Waals surface area contributed by atoms with Crippen molar-refractivity contribution in [1.29, 1.82) is 0 Å². The summed E-state index contributed by atoms with van der Waals surface area (Å²) in [5.41, 5.74) is 1.62. The van der Waals surface area contributed by atoms with Crippen LogP contribution in [0.5, 0.6) is 0 Å². The highest BCUT2D eigenvalue weighted by Crippen LogP contribution is 2.10. The van der Waals surface area contributed by atoms with Crippen molar-refractivity contribution in [3.05, 3.63) is 35.9 Å². The molecule has 0 atom stereocenters. The van der Waals surface area contributed by atoms with Gasteiger partial charge < -0.3 is 10.4 Å². The topological polar surface area (TPSA) is 66.4 Å². The maximum Gasteiger partial charge on any atom is 0.307 e. The fourth-order valence-electron chi connectivity index (χ4n) is 1.18. The molecule has 4 nitrogen and oxygen atoms in total. The Hall–Kier alpha value is -2.10. The Morgan fingerprint density at radius 2 is 1.94 bits per heavy atom. The minimum Gasteiger partial charge on any atom is -0.481 e. The number of nitrogens with one attached hydrogen (secondary N) is 1. The molecule has 0 aliphatic carbocycles. The number of rotatable bonds is 4. The first-order valence-corrected chi connectivity index (χ1v) is 4.84. The number of aliphatic carboxylic acids is 1. The summed E-state index contributed by atoms with van der Waals surface area (Å²) < 4.78 is 0. The maximum atomic E-state index is 10.8. The number of carbonyl (C=O) groups is 2. The maximum absolute atomic E-state index is 10.8. The van der Waals surface area contributed by atoms with Crippen LogP contribution in [0.2, 0.25) is 0 Å². The van der Waals surface area contributed by atoms with Gasteiger partial charge in [-0.25, -0.2) is 0 Å². The number of carbonyl (C=O) groups excluding carboxylic acids is 1. The lowest BCUT2D eigenvalue weighted by molar-refractivity contribution is -0.136. The molecule has 1 aromatic carbocycles. The lowest BCUT2D eigenvalue weighted by atomic mass is 10.2. The summed E-state index contributed by atoms with van der Waals surface area (Å²) >= 11 is 0. The van der Waals surface area contributed by atoms with E-state index in [1.54, 1.807) is 24.3 Å². The van der Waals surface area contributed by atoms with Gasteiger partial charge in [-0.05, 0) is 17.7 Å². The Morgan fingerprint density at radius 3 is 2.44 bits per heavy atom. The highest BCUT2D eigenvalue weighted by Gasteiger charge is 1.94. The summed E-state index contributed by atoms with van der Waals surface area (Å²) in [7, 11) is 0. The van der Waals surface area contributed by atoms with Crippen LogP contribution in [0.3, 0.4) is 0 Å². The first-order valence-electron chi connectivity index (χ1n) is 4.84. The van der Waals surface area contributed by atoms with Crippen molar-refractivity contribution < 1.29 is 14.7 Å². The molecule has 0 aliphatic rings. The average molecular weight is 219 g/mol. The molecule has 0 saturated carbocycles. The van der Waals surface area contributed by atoms with Crippen LogP contribution in [0.15, 0.2) is 30.3 Å². The lowest BCUT2D eigenvalue weighted by Crippen LogP contribution is -2.05. The van der Waals surface area contributed by atoms with Crippen LogP contribution in [0, 0.1) is 0 Å². The van der Waals surface area contributed by atoms with Gasteiger partial charge in [0.1, 0.15) is 0 Å². The van der Waals surface area contributed by atoms with Crippen LogP contribution in [0.25, 0.3) is 6.08 Å². The Labute approximate surface area is 93.6 Å². The molecule has 1 aromatic rings. The molecule has 0 radical (unpaired) electrons. The first-order chi connectivity index (χ1) is 7.58. The molecule has 2 N–H and O–H groups in total. The standard InChI is InChI=1S/C12H13NO3/c1-9(14)13-11-7-5-10(6-8-11)3-2-4-12(15)16/h2-3,5-8H,4H2,1H3,(H,13,14)(H,15,16). The van der Waals surface area contributed by atoms with E-state index in [0.29, 0.717) is 0 Å². The van der Waals surface area contributed by atoms with E-state index in [-0.39, 0.29) is 12.3 Å². The van der Waals surface area contributed by atoms with Crippen LogP contribution < -0.4 is 5.32 Å². The van der Waals surface area contributed by atoms with Gasteiger partial charge in [-0.3, -0.25) is 9.59 Å². The molecule has 0 spiro atoms. The predicted octanol–water partition coefficient (Wildman–Crippen LogP) is 2.13. The monoisotopic (exact) mass is 219 g/mol. The molecule has 1 rings (SSSR count). The number of hydrogen-bond acceptors (Lipinski definition) is 2. The second-order valence-corrected chi connectivity index (χ2v) is 3.30. The van der Waals surface area contributed by atoms with E-state index in [9.17, 15) is 9.59 Å². The largest absolute Gasteiger partial charge is 0.481 e. The molecule has 0 saturated heterocycles. The summed E-state index contributed by atoms with van der Waals surface area (Å²) in [5.74, 6) is -0.972. The third-order valence-corrected chi connectivity index (χ3v) is 1.83. The highest BCUT2D eigenvalue weighted by atomic mass is 16.4. The molecule has 1 amide bonds. The number of benzene rings is 1. The summed E-state index contributed by atoms with van der Waals surface area (Å²) in [5, 5.41) is 11.1. The van der Waals surface area contributed by atoms with Crippen LogP contribution in [0.1, 0.15) is 18.9 Å². The summed E-state index contributed by atoms with van der Waals surface area (Å²) in [4.78, 5) is 21.0. The molecule has 4 heteroatoms. The van der Waals surface area contributed by atoms with Crippen molar-refractivity contribution in [2.45, 2.75) is 13.3 Å². The van der Waals surface area contributed by atoms with Gasteiger partial charge in [0.25, 0.3) is 0 Å². The third kappa shape index (κ3) is 4.41. The van der Waals surface area contributed by atoms with Gasteiger partial charge in [-0.15, -0.1) is 0 Å². The van der Waals surface area contributed by atoms with Crippen LogP contribution in [0.4, 0.5) is 5.69 Å². The van der Waals surface area contributed by atoms with Crippen molar-refractivity contribution in [3.8, 4) is 0 Å². The van der Waals surface area contributed by atoms with Gasteiger partial charge >= 0.3 is 5.97 Å². The summed E-state index contributed by atoms with van der Waals surface area (Å²) in [6, 6.07) is 7.15. The molecule has 0 aromatic heterocycles. The van der Waals surface area contributed by atoms with Gasteiger partial charge in [0.15, 0.2) is 0 Å². The third-order valence-electron chi connectivity index (χ3n) is 1.83. The van der Waals surface area contributed by atoms with Crippen molar-refractivity contribution in [3.63, 3.8) is 0 Å². The van der Waals surface area contributed by atoms with E-state index in [0.717, 1.165) is 11.3 Å². The Bertz CT molecular complexity index is 407. The van der Waals surface area contributed by atoms with E-state index in [1.165, 1.54) is 6.92 Å². The fourth-order valence-corrected chi connectivity index (χ4v) is 1.18. The van der Waals surface area contributed by atoms with Crippen LogP contribution in [-0.4, -0.2) is 17.0 Å². The highest BCUT2D eigenvalue weighted by molar-refractivity contribution is 5.88. The fraction of sp³-hybridized carbons (Fsp3) is 0.167. The summed E-state index contributed by atoms with van der Waals surface area (Å²) in [6.07, 6.45) is 3.31. The van der Waals surface area contributed by atoms with Crippen molar-refractivity contribution in [2.75, 3.05) is 5.32 Å². The molecule has 0 unspecified atom stereocenters. The van der Waals surface area contributed by atoms with Crippen LogP contribution in [-0.2, 0) is 9.59 Å². The second kappa shape index (κ2) is 5.70. The Balaban J connectivity index is 2.60. The predicted molar refractivity (Wildman–Crippen MR) is 62.0 cm³/mol. The van der Waals surface area contributed by atoms with E-state index in [4.69, 9.17) is 5.11 Å². The molecule has 0 heterocycles. The van der Waals surface area contributed by atoms with E-state index < -0.39 is 5.97 Å². The van der Waals surface area contributed by atoms with Crippen LogP contribution >= 0.6 is 0 Å². The zero-order chi connectivity index (χ0) is 12.0. The number of carboxylic acids is 1. The number of carboxylic acid groups (broad SMARTS) is 1. The van der Waals surface area contributed by atoms with Gasteiger partial charge in [-0.2, -0.15) is 0 Å². The summed E-state index contributed by atoms with van der Waals surface area (Å²) in [6.45, 7) is 1.45. The number of anilines is 1. The van der Waals surface area contributed by atoms with Gasteiger partial charge in [0, 0.05) is 12.6 Å². The minimum absolute atomic E-state index is 0.00739. The van der Waals surface area contributed by atoms with Crippen molar-refractivity contribution in [1.82, 2.24) is 0 Å². The van der Waals surface area contributed by atoms with Crippen molar-refractivity contribution in [2.24, 2.45) is 0 Å². The normalized spacial score (nSPS) is 10.3. The Morgan fingerprint density at radius 1 is 1.31 bits per heavy atom. The molecular weight excluding hydrogens is 206 g/mol. The van der Waals surface area contributed by atoms with Gasteiger partial charge in [0.05, 0.1) is 6.42 Å². The number of amides is 1. The lowest BCUT2D eigenvalue weighted by Gasteiger charge is -2.01. The van der Waals surface area contributed by atoms with E-state index >= 15 is 0 Å². The molecular formula is C12H13NO3. The second-order valence-electron chi connectivity index (χ2n) is 3.30. The van der Waals surface area contributed by atoms with E-state index in [2.05, 4.69) is 5.32 Å². The zero-order valence-electron chi connectivity index (χ0n) is 8.93. The average Bonchev–Trinajstić information content (AvgIpc) is 2.19. The zero-order valence-corrected chi connectivity index (χ0v) is 8.93. The van der Waals surface area contributed by atoms with Gasteiger partial charge in [0.2, 0.25) is 5.91 Å². The molecule has 0 aliphatic heterocycles. The SMILES string of the molecule is CC(=O)Nc1ccc(C=CCC(=O)O)cc1. The Kier molecular flexibility index (Phi) is 4.27. The van der Waals surface area contributed by atoms with Crippen molar-refractivity contribution >= 4 is 23.6 Å². The minimum atomic E-state index is -0.855. The molecule has 0 bridgehead atoms. The molecule has 0 fully saturated rings. The van der Waals surface area contributed by atoms with Gasteiger partial charge in [-0.1, -0.05) is 24.3 Å². The first kappa shape index (κ1) is 12.0. The quantitative estimate of drug-likeness (QED) is 0.815. The molecule has 84 valence electrons. The smallest absolute Gasteiger partial charge is 0.307 e. The number of hydrogen-bond donors (Lipinski definition) is 2. The van der Waals surface area contributed by atoms with E-state index in [1.807, 2.05) is 12.1 Å². The molecule has 16 heavy (non-hydrogen) atoms.